The van der Waals surface area contributed by atoms with Crippen LogP contribution < -0.4 is 5.32 Å². The maximum atomic E-state index is 4.49. The van der Waals surface area contributed by atoms with Gasteiger partial charge in [0.25, 0.3) is 0 Å². The van der Waals surface area contributed by atoms with Crippen LogP contribution in [0.15, 0.2) is 36.5 Å². The van der Waals surface area contributed by atoms with Gasteiger partial charge in [-0.2, -0.15) is 5.10 Å². The van der Waals surface area contributed by atoms with Crippen molar-refractivity contribution in [3.63, 3.8) is 0 Å². The van der Waals surface area contributed by atoms with Crippen LogP contribution >= 0.6 is 0 Å². The van der Waals surface area contributed by atoms with Gasteiger partial charge in [-0.05, 0) is 31.9 Å². The van der Waals surface area contributed by atoms with Gasteiger partial charge in [-0.1, -0.05) is 37.3 Å². The number of nitrogens with zero attached hydrogens (tertiary/aromatic N) is 2. The number of benzene rings is 1. The van der Waals surface area contributed by atoms with E-state index in [-0.39, 0.29) is 0 Å². The molecule has 102 valence electrons. The van der Waals surface area contributed by atoms with Gasteiger partial charge in [0.2, 0.25) is 0 Å². The van der Waals surface area contributed by atoms with E-state index in [1.54, 1.807) is 0 Å². The molecule has 0 radical (unpaired) electrons. The summed E-state index contributed by atoms with van der Waals surface area (Å²) in [5.74, 6) is 0. The van der Waals surface area contributed by atoms with Gasteiger partial charge >= 0.3 is 0 Å². The second kappa shape index (κ2) is 7.10. The Bertz CT molecular complexity index is 488. The first kappa shape index (κ1) is 13.8. The molecule has 0 fully saturated rings. The van der Waals surface area contributed by atoms with E-state index >= 15 is 0 Å². The summed E-state index contributed by atoms with van der Waals surface area (Å²) in [7, 11) is 0. The van der Waals surface area contributed by atoms with E-state index in [1.807, 2.05) is 6.20 Å². The van der Waals surface area contributed by atoms with E-state index in [9.17, 15) is 0 Å². The van der Waals surface area contributed by atoms with Crippen LogP contribution in [0.2, 0.25) is 0 Å². The maximum absolute atomic E-state index is 4.49. The van der Waals surface area contributed by atoms with Crippen molar-refractivity contribution in [2.75, 3.05) is 6.54 Å². The zero-order chi connectivity index (χ0) is 13.5. The first-order valence-electron chi connectivity index (χ1n) is 7.07. The molecule has 0 saturated carbocycles. The van der Waals surface area contributed by atoms with Crippen molar-refractivity contribution in [2.24, 2.45) is 0 Å². The van der Waals surface area contributed by atoms with Gasteiger partial charge in [0.1, 0.15) is 0 Å². The molecule has 0 amide bonds. The first-order valence-corrected chi connectivity index (χ1v) is 7.07. The molecule has 3 heteroatoms. The molecule has 0 saturated heterocycles. The van der Waals surface area contributed by atoms with Crippen LogP contribution in [-0.2, 0) is 19.5 Å². The standard InChI is InChI=1S/C16H23N3/c1-3-10-17-12-16-13-18-19(14(16)2)11-9-15-7-5-4-6-8-15/h4-8,13,17H,3,9-12H2,1-2H3. The van der Waals surface area contributed by atoms with Crippen molar-refractivity contribution in [1.82, 2.24) is 15.1 Å². The lowest BCUT2D eigenvalue weighted by Crippen LogP contribution is -2.14. The zero-order valence-corrected chi connectivity index (χ0v) is 11.9. The molecule has 2 rings (SSSR count). The Morgan fingerprint density at radius 3 is 2.74 bits per heavy atom. The molecule has 2 aromatic rings. The second-order valence-corrected chi connectivity index (χ2v) is 4.89. The summed E-state index contributed by atoms with van der Waals surface area (Å²) in [6, 6.07) is 10.6. The lowest BCUT2D eigenvalue weighted by atomic mass is 10.1. The average molecular weight is 257 g/mol. The summed E-state index contributed by atoms with van der Waals surface area (Å²) in [4.78, 5) is 0. The molecule has 0 atom stereocenters. The monoisotopic (exact) mass is 257 g/mol. The third kappa shape index (κ3) is 3.93. The molecule has 1 heterocycles. The smallest absolute Gasteiger partial charge is 0.0537 e. The number of rotatable bonds is 7. The van der Waals surface area contributed by atoms with Crippen LogP contribution in [0.3, 0.4) is 0 Å². The van der Waals surface area contributed by atoms with Gasteiger partial charge in [0, 0.05) is 24.3 Å². The van der Waals surface area contributed by atoms with Crippen molar-refractivity contribution in [3.8, 4) is 0 Å². The van der Waals surface area contributed by atoms with E-state index < -0.39 is 0 Å². The largest absolute Gasteiger partial charge is 0.313 e. The van der Waals surface area contributed by atoms with Gasteiger partial charge in [0.05, 0.1) is 6.20 Å². The summed E-state index contributed by atoms with van der Waals surface area (Å²) >= 11 is 0. The van der Waals surface area contributed by atoms with E-state index in [0.717, 1.165) is 26.1 Å². The quantitative estimate of drug-likeness (QED) is 0.773. The van der Waals surface area contributed by atoms with E-state index in [2.05, 4.69) is 59.3 Å². The highest BCUT2D eigenvalue weighted by Crippen LogP contribution is 2.09. The van der Waals surface area contributed by atoms with Crippen LogP contribution in [0.4, 0.5) is 0 Å². The summed E-state index contributed by atoms with van der Waals surface area (Å²) in [6.45, 7) is 7.27. The second-order valence-electron chi connectivity index (χ2n) is 4.89. The number of hydrogen-bond acceptors (Lipinski definition) is 2. The van der Waals surface area contributed by atoms with E-state index in [0.29, 0.717) is 0 Å². The third-order valence-electron chi connectivity index (χ3n) is 3.40. The summed E-state index contributed by atoms with van der Waals surface area (Å²) in [6.07, 6.45) is 4.19. The fraction of sp³-hybridized carbons (Fsp3) is 0.438. The van der Waals surface area contributed by atoms with Crippen molar-refractivity contribution < 1.29 is 0 Å². The molecule has 1 aromatic heterocycles. The van der Waals surface area contributed by atoms with Crippen LogP contribution in [0, 0.1) is 6.92 Å². The summed E-state index contributed by atoms with van der Waals surface area (Å²) < 4.78 is 2.11. The molecular weight excluding hydrogens is 234 g/mol. The fourth-order valence-corrected chi connectivity index (χ4v) is 2.16. The summed E-state index contributed by atoms with van der Waals surface area (Å²) in [5, 5.41) is 7.91. The molecular formula is C16H23N3. The average Bonchev–Trinajstić information content (AvgIpc) is 2.79. The van der Waals surface area contributed by atoms with Crippen LogP contribution in [0.1, 0.15) is 30.2 Å². The number of hydrogen-bond donors (Lipinski definition) is 1. The minimum atomic E-state index is 0.922. The highest BCUT2D eigenvalue weighted by Gasteiger charge is 2.05. The number of aryl methyl sites for hydroxylation is 2. The first-order chi connectivity index (χ1) is 9.31. The predicted molar refractivity (Wildman–Crippen MR) is 79.1 cm³/mol. The molecule has 0 aliphatic heterocycles. The summed E-state index contributed by atoms with van der Waals surface area (Å²) in [5.41, 5.74) is 3.95. The Balaban J connectivity index is 1.90. The minimum absolute atomic E-state index is 0.922. The maximum Gasteiger partial charge on any atom is 0.0537 e. The van der Waals surface area contributed by atoms with Crippen LogP contribution in [0.5, 0.6) is 0 Å². The lowest BCUT2D eigenvalue weighted by molar-refractivity contribution is 0.595. The molecule has 0 unspecified atom stereocenters. The number of nitrogens with one attached hydrogen (secondary N) is 1. The highest BCUT2D eigenvalue weighted by molar-refractivity contribution is 5.17. The molecule has 0 spiro atoms. The highest BCUT2D eigenvalue weighted by atomic mass is 15.3. The molecule has 3 nitrogen and oxygen atoms in total. The topological polar surface area (TPSA) is 29.9 Å². The van der Waals surface area contributed by atoms with Gasteiger partial charge in [-0.25, -0.2) is 0 Å². The fourth-order valence-electron chi connectivity index (χ4n) is 2.16. The van der Waals surface area contributed by atoms with Gasteiger partial charge < -0.3 is 5.32 Å². The Morgan fingerprint density at radius 2 is 2.00 bits per heavy atom. The molecule has 0 aliphatic rings. The van der Waals surface area contributed by atoms with Gasteiger partial charge in [-0.15, -0.1) is 0 Å². The third-order valence-corrected chi connectivity index (χ3v) is 3.40. The van der Waals surface area contributed by atoms with Gasteiger partial charge in [-0.3, -0.25) is 4.68 Å². The van der Waals surface area contributed by atoms with Crippen molar-refractivity contribution >= 4 is 0 Å². The van der Waals surface area contributed by atoms with Crippen molar-refractivity contribution in [1.29, 1.82) is 0 Å². The van der Waals surface area contributed by atoms with Crippen LogP contribution in [0.25, 0.3) is 0 Å². The van der Waals surface area contributed by atoms with Crippen molar-refractivity contribution in [3.05, 3.63) is 53.3 Å². The molecule has 0 bridgehead atoms. The molecule has 1 N–H and O–H groups in total. The lowest BCUT2D eigenvalue weighted by Gasteiger charge is -2.06. The zero-order valence-electron chi connectivity index (χ0n) is 11.9. The Hall–Kier alpha value is -1.61. The van der Waals surface area contributed by atoms with E-state index in [4.69, 9.17) is 0 Å². The Kier molecular flexibility index (Phi) is 5.16. The molecule has 19 heavy (non-hydrogen) atoms. The Morgan fingerprint density at radius 1 is 1.21 bits per heavy atom. The van der Waals surface area contributed by atoms with Crippen LogP contribution in [-0.4, -0.2) is 16.3 Å². The Labute approximate surface area is 115 Å². The SMILES string of the molecule is CCCNCc1cnn(CCc2ccccc2)c1C. The predicted octanol–water partition coefficient (Wildman–Crippen LogP) is 2.93. The number of aromatic nitrogens is 2. The van der Waals surface area contributed by atoms with Crippen molar-refractivity contribution in [2.45, 2.75) is 39.8 Å². The van der Waals surface area contributed by atoms with E-state index in [1.165, 1.54) is 23.2 Å². The minimum Gasteiger partial charge on any atom is -0.313 e. The molecule has 1 aromatic carbocycles. The molecule has 0 aliphatic carbocycles. The normalized spacial score (nSPS) is 10.8. The van der Waals surface area contributed by atoms with Gasteiger partial charge in [0.15, 0.2) is 0 Å².